The van der Waals surface area contributed by atoms with Gasteiger partial charge in [-0.2, -0.15) is 0 Å². The maximum Gasteiger partial charge on any atom is 0.291 e. The van der Waals surface area contributed by atoms with Crippen LogP contribution in [0.3, 0.4) is 0 Å². The number of nitrogens with one attached hydrogen (secondary N) is 2. The van der Waals surface area contributed by atoms with Crippen molar-refractivity contribution in [3.05, 3.63) is 66.6 Å². The third-order valence-electron chi connectivity index (χ3n) is 4.38. The molecule has 2 aromatic rings. The molecule has 0 atom stereocenters. The lowest BCUT2D eigenvalue weighted by atomic mass is 10.2. The number of amides is 1. The van der Waals surface area contributed by atoms with Gasteiger partial charge in [0.2, 0.25) is 0 Å². The van der Waals surface area contributed by atoms with Gasteiger partial charge < -0.3 is 20.0 Å². The molecule has 6 heteroatoms. The van der Waals surface area contributed by atoms with Gasteiger partial charge in [-0.1, -0.05) is 24.6 Å². The summed E-state index contributed by atoms with van der Waals surface area (Å²) in [6, 6.07) is 11.0. The van der Waals surface area contributed by atoms with Gasteiger partial charge in [-0.15, -0.1) is 6.58 Å². The Morgan fingerprint density at radius 2 is 2.00 bits per heavy atom. The van der Waals surface area contributed by atoms with Gasteiger partial charge in [-0.25, -0.2) is 0 Å². The van der Waals surface area contributed by atoms with Gasteiger partial charge >= 0.3 is 0 Å². The van der Waals surface area contributed by atoms with Gasteiger partial charge in [0.05, 0.1) is 6.26 Å². The first-order chi connectivity index (χ1) is 13.6. The number of allylic oxidation sites excluding steroid dienone is 1. The van der Waals surface area contributed by atoms with Crippen molar-refractivity contribution >= 4 is 17.6 Å². The van der Waals surface area contributed by atoms with E-state index in [-0.39, 0.29) is 5.91 Å². The molecular formula is C22H30N4O2. The number of carbonyl (C=O) groups excluding carboxylic acids is 1. The molecule has 0 aliphatic carbocycles. The van der Waals surface area contributed by atoms with E-state index in [4.69, 9.17) is 4.42 Å². The highest BCUT2D eigenvalue weighted by atomic mass is 16.3. The fraction of sp³-hybridized carbons (Fsp3) is 0.364. The molecule has 2 rings (SSSR count). The van der Waals surface area contributed by atoms with Crippen LogP contribution in [-0.2, 0) is 6.54 Å². The van der Waals surface area contributed by atoms with Gasteiger partial charge in [0.15, 0.2) is 11.7 Å². The minimum absolute atomic E-state index is 0.258. The normalized spacial score (nSPS) is 11.1. The third-order valence-corrected chi connectivity index (χ3v) is 4.38. The molecule has 0 bridgehead atoms. The smallest absolute Gasteiger partial charge is 0.291 e. The molecule has 2 N–H and O–H groups in total. The lowest BCUT2D eigenvalue weighted by Crippen LogP contribution is -2.39. The zero-order valence-electron chi connectivity index (χ0n) is 16.8. The Morgan fingerprint density at radius 1 is 1.21 bits per heavy atom. The number of carbonyl (C=O) groups is 1. The zero-order chi connectivity index (χ0) is 20.2. The molecule has 0 saturated heterocycles. The van der Waals surface area contributed by atoms with E-state index in [0.717, 1.165) is 36.6 Å². The Balaban J connectivity index is 1.77. The van der Waals surface area contributed by atoms with Crippen LogP contribution in [0.1, 0.15) is 41.8 Å². The Kier molecular flexibility index (Phi) is 8.85. The lowest BCUT2D eigenvalue weighted by molar-refractivity contribution is 0.0996. The van der Waals surface area contributed by atoms with Crippen molar-refractivity contribution in [1.29, 1.82) is 0 Å². The number of rotatable bonds is 10. The predicted molar refractivity (Wildman–Crippen MR) is 115 cm³/mol. The second-order valence-electron chi connectivity index (χ2n) is 6.59. The quantitative estimate of drug-likeness (QED) is 0.278. The molecule has 6 nitrogen and oxygen atoms in total. The molecule has 0 aliphatic rings. The molecule has 150 valence electrons. The highest BCUT2D eigenvalue weighted by Gasteiger charge is 2.09. The van der Waals surface area contributed by atoms with Crippen LogP contribution in [0.2, 0.25) is 0 Å². The van der Waals surface area contributed by atoms with E-state index in [1.54, 1.807) is 19.2 Å². The van der Waals surface area contributed by atoms with Crippen molar-refractivity contribution in [2.45, 2.75) is 32.2 Å². The summed E-state index contributed by atoms with van der Waals surface area (Å²) in [5.41, 5.74) is 1.84. The van der Waals surface area contributed by atoms with Crippen molar-refractivity contribution in [3.8, 4) is 0 Å². The van der Waals surface area contributed by atoms with Gasteiger partial charge in [0, 0.05) is 32.9 Å². The van der Waals surface area contributed by atoms with Crippen LogP contribution < -0.4 is 10.6 Å². The molecule has 1 aromatic carbocycles. The molecule has 1 amide bonds. The van der Waals surface area contributed by atoms with E-state index in [0.29, 0.717) is 12.3 Å². The summed E-state index contributed by atoms with van der Waals surface area (Å²) in [5, 5.41) is 6.19. The molecule has 0 aliphatic heterocycles. The highest BCUT2D eigenvalue weighted by Crippen LogP contribution is 2.12. The molecule has 0 fully saturated rings. The summed E-state index contributed by atoms with van der Waals surface area (Å²) in [7, 11) is 3.85. The average Bonchev–Trinajstić information content (AvgIpc) is 3.24. The Morgan fingerprint density at radius 3 is 2.64 bits per heavy atom. The molecule has 0 unspecified atom stereocenters. The summed E-state index contributed by atoms with van der Waals surface area (Å²) in [4.78, 5) is 18.5. The minimum atomic E-state index is -0.258. The summed E-state index contributed by atoms with van der Waals surface area (Å²) in [6.45, 7) is 5.39. The molecule has 28 heavy (non-hydrogen) atoms. The molecule has 1 aromatic heterocycles. The summed E-state index contributed by atoms with van der Waals surface area (Å²) >= 11 is 0. The van der Waals surface area contributed by atoms with E-state index in [1.807, 2.05) is 30.3 Å². The van der Waals surface area contributed by atoms with E-state index in [1.165, 1.54) is 19.1 Å². The Bertz CT molecular complexity index is 751. The monoisotopic (exact) mass is 382 g/mol. The number of hydrogen-bond acceptors (Lipinski definition) is 3. The molecule has 0 radical (unpaired) electrons. The van der Waals surface area contributed by atoms with E-state index in [9.17, 15) is 4.79 Å². The second-order valence-corrected chi connectivity index (χ2v) is 6.59. The number of furan rings is 1. The van der Waals surface area contributed by atoms with Crippen LogP contribution in [0.5, 0.6) is 0 Å². The fourth-order valence-corrected chi connectivity index (χ4v) is 2.79. The number of unbranched alkanes of at least 4 members (excludes halogenated alkanes) is 3. The fourth-order valence-electron chi connectivity index (χ4n) is 2.79. The van der Waals surface area contributed by atoms with Crippen LogP contribution in [-0.4, -0.2) is 37.4 Å². The van der Waals surface area contributed by atoms with Crippen LogP contribution in [0, 0.1) is 0 Å². The molecule has 1 heterocycles. The highest BCUT2D eigenvalue weighted by molar-refractivity contribution is 6.02. The standard InChI is InChI=1S/C22H30N4O2/c1-4-5-6-7-8-15-26(3)22(23-2)24-17-18-11-13-19(14-12-18)25-21(27)20-10-9-16-28-20/h4,9-14,16H,1,5-8,15,17H2,2-3H3,(H,23,24)(H,25,27). The van der Waals surface area contributed by atoms with Crippen LogP contribution in [0.4, 0.5) is 5.69 Å². The molecule has 0 saturated carbocycles. The second kappa shape index (κ2) is 11.6. The first-order valence-electron chi connectivity index (χ1n) is 9.60. The topological polar surface area (TPSA) is 69.9 Å². The van der Waals surface area contributed by atoms with Gasteiger partial charge in [0.25, 0.3) is 5.91 Å². The lowest BCUT2D eigenvalue weighted by Gasteiger charge is -2.22. The SMILES string of the molecule is C=CCCCCCN(C)C(=NC)NCc1ccc(NC(=O)c2ccco2)cc1. The largest absolute Gasteiger partial charge is 0.459 e. The van der Waals surface area contributed by atoms with Crippen molar-refractivity contribution in [3.63, 3.8) is 0 Å². The Labute approximate surface area is 167 Å². The number of nitrogens with zero attached hydrogens (tertiary/aromatic N) is 2. The van der Waals surface area contributed by atoms with Gasteiger partial charge in [-0.3, -0.25) is 9.79 Å². The number of aliphatic imine (C=N–C) groups is 1. The first kappa shape index (κ1) is 21.3. The van der Waals surface area contributed by atoms with Crippen LogP contribution in [0.15, 0.2) is 64.7 Å². The first-order valence-corrected chi connectivity index (χ1v) is 9.60. The minimum Gasteiger partial charge on any atom is -0.459 e. The average molecular weight is 383 g/mol. The molecule has 0 spiro atoms. The van der Waals surface area contributed by atoms with Crippen molar-refractivity contribution in [2.75, 3.05) is 26.0 Å². The number of anilines is 1. The number of guanidine groups is 1. The number of hydrogen-bond donors (Lipinski definition) is 2. The van der Waals surface area contributed by atoms with Crippen molar-refractivity contribution in [2.24, 2.45) is 4.99 Å². The maximum atomic E-state index is 12.0. The molecular weight excluding hydrogens is 352 g/mol. The Hall–Kier alpha value is -3.02. The predicted octanol–water partition coefficient (Wildman–Crippen LogP) is 4.29. The third kappa shape index (κ3) is 6.95. The zero-order valence-corrected chi connectivity index (χ0v) is 16.8. The van der Waals surface area contributed by atoms with Gasteiger partial charge in [-0.05, 0) is 49.1 Å². The van der Waals surface area contributed by atoms with Crippen LogP contribution >= 0.6 is 0 Å². The van der Waals surface area contributed by atoms with Gasteiger partial charge in [0.1, 0.15) is 0 Å². The van der Waals surface area contributed by atoms with E-state index >= 15 is 0 Å². The summed E-state index contributed by atoms with van der Waals surface area (Å²) < 4.78 is 5.09. The maximum absolute atomic E-state index is 12.0. The van der Waals surface area contributed by atoms with Crippen molar-refractivity contribution in [1.82, 2.24) is 10.2 Å². The van der Waals surface area contributed by atoms with Crippen molar-refractivity contribution < 1.29 is 9.21 Å². The van der Waals surface area contributed by atoms with E-state index in [2.05, 4.69) is 34.2 Å². The number of benzene rings is 1. The van der Waals surface area contributed by atoms with Crippen LogP contribution in [0.25, 0.3) is 0 Å². The summed E-state index contributed by atoms with van der Waals surface area (Å²) in [6.07, 6.45) is 8.04. The summed E-state index contributed by atoms with van der Waals surface area (Å²) in [5.74, 6) is 0.909. The van der Waals surface area contributed by atoms with E-state index < -0.39 is 0 Å².